The van der Waals surface area contributed by atoms with Gasteiger partial charge in [-0.15, -0.1) is 0 Å². The summed E-state index contributed by atoms with van der Waals surface area (Å²) in [5.41, 5.74) is 1.46. The molecule has 2 amide bonds. The molecule has 6 nitrogen and oxygen atoms in total. The zero-order valence-electron chi connectivity index (χ0n) is 13.2. The molecule has 2 aromatic rings. The van der Waals surface area contributed by atoms with Crippen molar-refractivity contribution in [2.24, 2.45) is 0 Å². The lowest BCUT2D eigenvalue weighted by atomic mass is 10.2. The van der Waals surface area contributed by atoms with Crippen LogP contribution in [0, 0.1) is 0 Å². The molecule has 0 radical (unpaired) electrons. The van der Waals surface area contributed by atoms with Crippen molar-refractivity contribution < 1.29 is 14.3 Å². The average molecular weight is 336 g/mol. The fraction of sp³-hybridized carbons (Fsp3) is 0.250. The number of hydrogen-bond acceptors (Lipinski definition) is 4. The molecule has 1 aromatic carbocycles. The predicted octanol–water partition coefficient (Wildman–Crippen LogP) is 3.42. The standard InChI is InChI=1S/C16H18ClN3O3/c1-20(10-11-4-6-18-7-5-11)16(21)19-13-8-12(17)14(22-2)9-15(13)23-3/h4-9H,10H2,1-3H3,(H,19,21). The summed E-state index contributed by atoms with van der Waals surface area (Å²) in [6.07, 6.45) is 3.38. The zero-order chi connectivity index (χ0) is 16.8. The summed E-state index contributed by atoms with van der Waals surface area (Å²) in [4.78, 5) is 17.8. The van der Waals surface area contributed by atoms with Crippen LogP contribution in [0.5, 0.6) is 11.5 Å². The Hall–Kier alpha value is -2.47. The van der Waals surface area contributed by atoms with Crippen LogP contribution in [0.25, 0.3) is 0 Å². The second kappa shape index (κ2) is 7.69. The van der Waals surface area contributed by atoms with Gasteiger partial charge in [-0.05, 0) is 23.8 Å². The smallest absolute Gasteiger partial charge is 0.321 e. The highest BCUT2D eigenvalue weighted by Gasteiger charge is 2.15. The first kappa shape index (κ1) is 16.9. The molecule has 7 heteroatoms. The number of rotatable bonds is 5. The first-order chi connectivity index (χ1) is 11.0. The third-order valence-corrected chi connectivity index (χ3v) is 3.53. The molecule has 2 rings (SSSR count). The number of carbonyl (C=O) groups excluding carboxylic acids is 1. The van der Waals surface area contributed by atoms with E-state index in [4.69, 9.17) is 21.1 Å². The summed E-state index contributed by atoms with van der Waals surface area (Å²) in [6.45, 7) is 0.459. The quantitative estimate of drug-likeness (QED) is 0.909. The number of methoxy groups -OCH3 is 2. The number of nitrogens with zero attached hydrogens (tertiary/aromatic N) is 2. The Balaban J connectivity index is 2.11. The number of urea groups is 1. The van der Waals surface area contributed by atoms with Crippen LogP contribution in [0.4, 0.5) is 10.5 Å². The highest BCUT2D eigenvalue weighted by molar-refractivity contribution is 6.32. The van der Waals surface area contributed by atoms with Crippen molar-refractivity contribution in [1.82, 2.24) is 9.88 Å². The Morgan fingerprint density at radius 3 is 2.48 bits per heavy atom. The van der Waals surface area contributed by atoms with Crippen molar-refractivity contribution in [3.63, 3.8) is 0 Å². The molecule has 1 heterocycles. The van der Waals surface area contributed by atoms with Crippen LogP contribution in [0.1, 0.15) is 5.56 Å². The molecule has 1 aromatic heterocycles. The molecule has 0 unspecified atom stereocenters. The molecule has 0 atom stereocenters. The van der Waals surface area contributed by atoms with E-state index in [1.165, 1.54) is 14.2 Å². The Kier molecular flexibility index (Phi) is 5.65. The van der Waals surface area contributed by atoms with Crippen LogP contribution >= 0.6 is 11.6 Å². The highest BCUT2D eigenvalue weighted by Crippen LogP contribution is 2.35. The van der Waals surface area contributed by atoms with Gasteiger partial charge in [0.2, 0.25) is 0 Å². The third-order valence-electron chi connectivity index (χ3n) is 3.23. The molecule has 23 heavy (non-hydrogen) atoms. The maximum atomic E-state index is 12.3. The molecule has 0 fully saturated rings. The predicted molar refractivity (Wildman–Crippen MR) is 89.3 cm³/mol. The number of anilines is 1. The van der Waals surface area contributed by atoms with Crippen molar-refractivity contribution >= 4 is 23.3 Å². The SMILES string of the molecule is COc1cc(OC)c(NC(=O)N(C)Cc2ccncc2)cc1Cl. The largest absolute Gasteiger partial charge is 0.495 e. The highest BCUT2D eigenvalue weighted by atomic mass is 35.5. The Morgan fingerprint density at radius 2 is 1.87 bits per heavy atom. The van der Waals surface area contributed by atoms with Gasteiger partial charge in [0.1, 0.15) is 11.5 Å². The molecule has 0 aliphatic carbocycles. The van der Waals surface area contributed by atoms with E-state index in [0.29, 0.717) is 28.8 Å². The van der Waals surface area contributed by atoms with Gasteiger partial charge in [-0.1, -0.05) is 11.6 Å². The van der Waals surface area contributed by atoms with E-state index >= 15 is 0 Å². The molecule has 122 valence electrons. The van der Waals surface area contributed by atoms with Gasteiger partial charge in [-0.3, -0.25) is 4.98 Å². The van der Waals surface area contributed by atoms with Crippen LogP contribution in [0.2, 0.25) is 5.02 Å². The number of amides is 2. The number of halogens is 1. The number of carbonyl (C=O) groups is 1. The van der Waals surface area contributed by atoms with E-state index < -0.39 is 0 Å². The lowest BCUT2D eigenvalue weighted by Gasteiger charge is -2.19. The molecule has 0 aliphatic rings. The molecule has 1 N–H and O–H groups in total. The van der Waals surface area contributed by atoms with Gasteiger partial charge >= 0.3 is 6.03 Å². The van der Waals surface area contributed by atoms with Crippen LogP contribution < -0.4 is 14.8 Å². The van der Waals surface area contributed by atoms with Gasteiger partial charge in [-0.2, -0.15) is 0 Å². The van der Waals surface area contributed by atoms with Crippen molar-refractivity contribution in [1.29, 1.82) is 0 Å². The maximum Gasteiger partial charge on any atom is 0.321 e. The van der Waals surface area contributed by atoms with Gasteiger partial charge in [0.05, 0.1) is 24.9 Å². The van der Waals surface area contributed by atoms with Crippen LogP contribution in [0.3, 0.4) is 0 Å². The van der Waals surface area contributed by atoms with Crippen LogP contribution in [-0.4, -0.2) is 37.2 Å². The summed E-state index contributed by atoms with van der Waals surface area (Å²) in [7, 11) is 4.73. The summed E-state index contributed by atoms with van der Waals surface area (Å²) in [6, 6.07) is 6.66. The molecule has 0 bridgehead atoms. The summed E-state index contributed by atoms with van der Waals surface area (Å²) in [5.74, 6) is 0.948. The number of ether oxygens (including phenoxy) is 2. The first-order valence-electron chi connectivity index (χ1n) is 6.87. The summed E-state index contributed by atoms with van der Waals surface area (Å²) in [5, 5.41) is 3.17. The molecule has 0 aliphatic heterocycles. The topological polar surface area (TPSA) is 63.7 Å². The van der Waals surface area contributed by atoms with Gasteiger partial charge in [-0.25, -0.2) is 4.79 Å². The minimum Gasteiger partial charge on any atom is -0.495 e. The Morgan fingerprint density at radius 1 is 1.22 bits per heavy atom. The van der Waals surface area contributed by atoms with Crippen LogP contribution in [0.15, 0.2) is 36.7 Å². The lowest BCUT2D eigenvalue weighted by Crippen LogP contribution is -2.31. The first-order valence-corrected chi connectivity index (χ1v) is 7.25. The normalized spacial score (nSPS) is 10.1. The fourth-order valence-corrected chi connectivity index (χ4v) is 2.24. The number of benzene rings is 1. The zero-order valence-corrected chi connectivity index (χ0v) is 13.9. The summed E-state index contributed by atoms with van der Waals surface area (Å²) >= 11 is 6.10. The van der Waals surface area contributed by atoms with E-state index in [9.17, 15) is 4.79 Å². The maximum absolute atomic E-state index is 12.3. The molecule has 0 saturated heterocycles. The summed E-state index contributed by atoms with van der Waals surface area (Å²) < 4.78 is 10.4. The van der Waals surface area contributed by atoms with Gasteiger partial charge in [0, 0.05) is 32.1 Å². The van der Waals surface area contributed by atoms with Crippen molar-refractivity contribution in [2.45, 2.75) is 6.54 Å². The van der Waals surface area contributed by atoms with E-state index in [-0.39, 0.29) is 6.03 Å². The van der Waals surface area contributed by atoms with E-state index in [2.05, 4.69) is 10.3 Å². The van der Waals surface area contributed by atoms with E-state index in [1.807, 2.05) is 12.1 Å². The third kappa shape index (κ3) is 4.26. The van der Waals surface area contributed by atoms with Gasteiger partial charge in [0.25, 0.3) is 0 Å². The second-order valence-electron chi connectivity index (χ2n) is 4.83. The minimum absolute atomic E-state index is 0.277. The molecule has 0 spiro atoms. The lowest BCUT2D eigenvalue weighted by molar-refractivity contribution is 0.220. The second-order valence-corrected chi connectivity index (χ2v) is 5.24. The molecule has 0 saturated carbocycles. The van der Waals surface area contributed by atoms with Gasteiger partial charge < -0.3 is 19.7 Å². The fourth-order valence-electron chi connectivity index (χ4n) is 2.00. The Labute approximate surface area is 140 Å². The van der Waals surface area contributed by atoms with Crippen LogP contribution in [-0.2, 0) is 6.54 Å². The monoisotopic (exact) mass is 335 g/mol. The number of hydrogen-bond donors (Lipinski definition) is 1. The van der Waals surface area contributed by atoms with Gasteiger partial charge in [0.15, 0.2) is 0 Å². The number of aromatic nitrogens is 1. The van der Waals surface area contributed by atoms with Crippen molar-refractivity contribution in [3.05, 3.63) is 47.2 Å². The van der Waals surface area contributed by atoms with Crippen molar-refractivity contribution in [2.75, 3.05) is 26.6 Å². The average Bonchev–Trinajstić information content (AvgIpc) is 2.56. The minimum atomic E-state index is -0.277. The Bertz CT molecular complexity index is 680. The molecular formula is C16H18ClN3O3. The molecular weight excluding hydrogens is 318 g/mol. The van der Waals surface area contributed by atoms with Crippen molar-refractivity contribution in [3.8, 4) is 11.5 Å². The number of nitrogens with one attached hydrogen (secondary N) is 1. The van der Waals surface area contributed by atoms with E-state index in [1.54, 1.807) is 36.5 Å². The van der Waals surface area contributed by atoms with E-state index in [0.717, 1.165) is 5.56 Å². The number of pyridine rings is 1.